The van der Waals surface area contributed by atoms with E-state index in [4.69, 9.17) is 16.3 Å². The Bertz CT molecular complexity index is 435. The van der Waals surface area contributed by atoms with Crippen molar-refractivity contribution in [3.63, 3.8) is 0 Å². The topological polar surface area (TPSA) is 35.9 Å². The van der Waals surface area contributed by atoms with Crippen LogP contribution in [-0.4, -0.2) is 66.9 Å². The molecule has 1 N–H and O–H groups in total. The zero-order chi connectivity index (χ0) is 15.1. The van der Waals surface area contributed by atoms with E-state index in [1.165, 1.54) is 4.88 Å². The van der Waals surface area contributed by atoms with E-state index in [2.05, 4.69) is 16.4 Å². The molecule has 0 amide bonds. The third-order valence-electron chi connectivity index (χ3n) is 3.44. The van der Waals surface area contributed by atoms with Crippen LogP contribution in [0.15, 0.2) is 24.8 Å². The van der Waals surface area contributed by atoms with Crippen molar-refractivity contribution in [3.8, 4) is 0 Å². The fraction of sp³-hybridized carbons (Fsp3) is 0.600. The van der Waals surface area contributed by atoms with Crippen molar-refractivity contribution in [1.29, 1.82) is 0 Å². The van der Waals surface area contributed by atoms with Crippen LogP contribution in [0.4, 0.5) is 0 Å². The highest BCUT2D eigenvalue weighted by atomic mass is 35.5. The van der Waals surface area contributed by atoms with Crippen molar-refractivity contribution in [1.82, 2.24) is 9.80 Å². The van der Waals surface area contributed by atoms with Crippen molar-refractivity contribution in [2.24, 2.45) is 0 Å². The molecule has 1 aliphatic heterocycles. The second-order valence-electron chi connectivity index (χ2n) is 5.26. The van der Waals surface area contributed by atoms with Crippen molar-refractivity contribution in [3.05, 3.63) is 34.0 Å². The van der Waals surface area contributed by atoms with E-state index < -0.39 is 0 Å². The van der Waals surface area contributed by atoms with E-state index in [0.29, 0.717) is 13.1 Å². The number of hydrogen-bond acceptors (Lipinski definition) is 5. The summed E-state index contributed by atoms with van der Waals surface area (Å²) in [5.41, 5.74) is 0. The minimum atomic E-state index is -0.363. The van der Waals surface area contributed by atoms with Crippen molar-refractivity contribution in [2.75, 3.05) is 45.9 Å². The van der Waals surface area contributed by atoms with Gasteiger partial charge in [-0.2, -0.15) is 0 Å². The molecule has 0 aliphatic carbocycles. The van der Waals surface area contributed by atoms with Crippen molar-refractivity contribution >= 4 is 22.9 Å². The molecular weight excluding hydrogens is 308 g/mol. The minimum Gasteiger partial charge on any atom is -0.390 e. The van der Waals surface area contributed by atoms with Gasteiger partial charge in [0.25, 0.3) is 0 Å². The van der Waals surface area contributed by atoms with E-state index in [0.717, 1.165) is 43.7 Å². The maximum atomic E-state index is 10.3. The van der Waals surface area contributed by atoms with Gasteiger partial charge < -0.3 is 9.84 Å². The first-order valence-corrected chi connectivity index (χ1v) is 8.42. The van der Waals surface area contributed by atoms with Crippen molar-refractivity contribution in [2.45, 2.75) is 12.6 Å². The van der Waals surface area contributed by atoms with Gasteiger partial charge in [0, 0.05) is 44.1 Å². The number of aliphatic hydroxyl groups is 1. The van der Waals surface area contributed by atoms with Gasteiger partial charge in [-0.25, -0.2) is 0 Å². The lowest BCUT2D eigenvalue weighted by Gasteiger charge is -2.30. The fourth-order valence-corrected chi connectivity index (χ4v) is 3.61. The Morgan fingerprint density at radius 1 is 1.48 bits per heavy atom. The number of aliphatic hydroxyl groups excluding tert-OH is 1. The molecule has 0 bridgehead atoms. The molecule has 1 aliphatic rings. The third-order valence-corrected chi connectivity index (χ3v) is 4.65. The Morgan fingerprint density at radius 2 is 2.24 bits per heavy atom. The summed E-state index contributed by atoms with van der Waals surface area (Å²) in [7, 11) is 0. The Labute approximate surface area is 135 Å². The highest BCUT2D eigenvalue weighted by molar-refractivity contribution is 7.16. The second-order valence-corrected chi connectivity index (χ2v) is 7.06. The zero-order valence-corrected chi connectivity index (χ0v) is 13.8. The van der Waals surface area contributed by atoms with Gasteiger partial charge in [0.1, 0.15) is 0 Å². The molecule has 0 saturated carbocycles. The number of hydrogen-bond donors (Lipinski definition) is 1. The predicted molar refractivity (Wildman–Crippen MR) is 88.1 cm³/mol. The summed E-state index contributed by atoms with van der Waals surface area (Å²) in [6, 6.07) is 3.95. The van der Waals surface area contributed by atoms with Crippen LogP contribution in [-0.2, 0) is 11.3 Å². The Morgan fingerprint density at radius 3 is 2.86 bits per heavy atom. The molecule has 6 heteroatoms. The first kappa shape index (κ1) is 16.9. The minimum absolute atomic E-state index is 0.363. The number of halogens is 1. The molecular formula is C15H23ClN2O2S. The van der Waals surface area contributed by atoms with Crippen LogP contribution in [0.1, 0.15) is 4.88 Å². The normalized spacial score (nSPS) is 18.0. The highest BCUT2D eigenvalue weighted by Crippen LogP contribution is 2.22. The number of rotatable bonds is 8. The van der Waals surface area contributed by atoms with Gasteiger partial charge in [-0.1, -0.05) is 17.7 Å². The molecule has 1 unspecified atom stereocenters. The van der Waals surface area contributed by atoms with Gasteiger partial charge in [-0.15, -0.1) is 17.9 Å². The zero-order valence-electron chi connectivity index (χ0n) is 12.2. The average Bonchev–Trinajstić information content (AvgIpc) is 2.85. The lowest BCUT2D eigenvalue weighted by Crippen LogP contribution is -2.44. The number of ether oxygens (including phenoxy) is 1. The van der Waals surface area contributed by atoms with Crippen LogP contribution in [0, 0.1) is 0 Å². The Balaban J connectivity index is 1.81. The summed E-state index contributed by atoms with van der Waals surface area (Å²) in [5, 5.41) is 10.3. The van der Waals surface area contributed by atoms with Crippen LogP contribution >= 0.6 is 22.9 Å². The van der Waals surface area contributed by atoms with Crippen LogP contribution in [0.3, 0.4) is 0 Å². The summed E-state index contributed by atoms with van der Waals surface area (Å²) in [6.07, 6.45) is 1.51. The summed E-state index contributed by atoms with van der Waals surface area (Å²) >= 11 is 7.55. The Hall–Kier alpha value is -0.430. The molecule has 2 heterocycles. The molecule has 2 rings (SSSR count). The molecule has 118 valence electrons. The quantitative estimate of drug-likeness (QED) is 0.740. The molecule has 1 atom stereocenters. The largest absolute Gasteiger partial charge is 0.390 e. The summed E-state index contributed by atoms with van der Waals surface area (Å²) in [5.74, 6) is 0. The van der Waals surface area contributed by atoms with Gasteiger partial charge in [0.05, 0.1) is 23.7 Å². The first-order chi connectivity index (χ1) is 10.2. The maximum absolute atomic E-state index is 10.3. The van der Waals surface area contributed by atoms with Gasteiger partial charge >= 0.3 is 0 Å². The highest BCUT2D eigenvalue weighted by Gasteiger charge is 2.17. The van der Waals surface area contributed by atoms with Crippen LogP contribution in [0.5, 0.6) is 0 Å². The number of nitrogens with zero attached hydrogens (tertiary/aromatic N) is 2. The SMILES string of the molecule is C=CCN(Cc1ccc(Cl)s1)CC(O)CN1CCOCC1. The maximum Gasteiger partial charge on any atom is 0.0931 e. The third kappa shape index (κ3) is 6.06. The second kappa shape index (κ2) is 8.88. The molecule has 4 nitrogen and oxygen atoms in total. The lowest BCUT2D eigenvalue weighted by molar-refractivity contribution is 0.00725. The molecule has 1 saturated heterocycles. The summed E-state index contributed by atoms with van der Waals surface area (Å²) < 4.78 is 6.13. The smallest absolute Gasteiger partial charge is 0.0931 e. The number of β-amino-alcohol motifs (C(OH)–C–C–N with tert-alkyl or cyclic N) is 1. The van der Waals surface area contributed by atoms with Gasteiger partial charge in [0.2, 0.25) is 0 Å². The van der Waals surface area contributed by atoms with Gasteiger partial charge in [-0.3, -0.25) is 9.80 Å². The molecule has 0 radical (unpaired) electrons. The van der Waals surface area contributed by atoms with E-state index in [9.17, 15) is 5.11 Å². The first-order valence-electron chi connectivity index (χ1n) is 7.23. The standard InChI is InChI=1S/C15H23ClN2O2S/c1-2-5-18(12-14-3-4-15(16)21-14)11-13(19)10-17-6-8-20-9-7-17/h2-4,13,19H,1,5-12H2. The number of thiophene rings is 1. The van der Waals surface area contributed by atoms with E-state index in [1.807, 2.05) is 18.2 Å². The van der Waals surface area contributed by atoms with E-state index >= 15 is 0 Å². The van der Waals surface area contributed by atoms with Crippen molar-refractivity contribution < 1.29 is 9.84 Å². The van der Waals surface area contributed by atoms with Gasteiger partial charge in [-0.05, 0) is 12.1 Å². The molecule has 21 heavy (non-hydrogen) atoms. The monoisotopic (exact) mass is 330 g/mol. The van der Waals surface area contributed by atoms with Crippen LogP contribution < -0.4 is 0 Å². The summed E-state index contributed by atoms with van der Waals surface area (Å²) in [6.45, 7) is 10.0. The molecule has 1 fully saturated rings. The molecule has 0 spiro atoms. The van der Waals surface area contributed by atoms with Crippen LogP contribution in [0.2, 0.25) is 4.34 Å². The van der Waals surface area contributed by atoms with E-state index in [1.54, 1.807) is 11.3 Å². The molecule has 1 aromatic rings. The summed E-state index contributed by atoms with van der Waals surface area (Å²) in [4.78, 5) is 5.66. The van der Waals surface area contributed by atoms with E-state index in [-0.39, 0.29) is 6.10 Å². The fourth-order valence-electron chi connectivity index (χ4n) is 2.48. The Kier molecular flexibility index (Phi) is 7.16. The molecule has 1 aromatic heterocycles. The predicted octanol–water partition coefficient (Wildman–Crippen LogP) is 2.08. The van der Waals surface area contributed by atoms with Gasteiger partial charge in [0.15, 0.2) is 0 Å². The number of morpholine rings is 1. The molecule has 0 aromatic carbocycles. The lowest BCUT2D eigenvalue weighted by atomic mass is 10.2. The van der Waals surface area contributed by atoms with Crippen LogP contribution in [0.25, 0.3) is 0 Å². The average molecular weight is 331 g/mol.